The zero-order valence-electron chi connectivity index (χ0n) is 27.9. The molecule has 1 heterocycles. The highest BCUT2D eigenvalue weighted by Crippen LogP contribution is 2.12. The molecule has 0 radical (unpaired) electrons. The molecule has 0 bridgehead atoms. The molecule has 2 amide bonds. The fourth-order valence-electron chi connectivity index (χ4n) is 3.40. The molecule has 0 aromatic heterocycles. The van der Waals surface area contributed by atoms with Gasteiger partial charge in [-0.05, 0) is 0 Å². The lowest BCUT2D eigenvalue weighted by atomic mass is 10.4. The summed E-state index contributed by atoms with van der Waals surface area (Å²) in [7, 11) is 1.64. The summed E-state index contributed by atoms with van der Waals surface area (Å²) in [5.74, 6) is -1.72. The minimum absolute atomic E-state index is 0.0595. The number of hydrogen-bond acceptors (Lipinski definition) is 16. The van der Waals surface area contributed by atoms with Gasteiger partial charge in [-0.15, -0.1) is 5.06 Å². The first-order valence-electron chi connectivity index (χ1n) is 16.1. The number of carbonyl (C=O) groups is 3. The third-order valence-electron chi connectivity index (χ3n) is 5.80. The smallest absolute Gasteiger partial charge is 0.335 e. The Morgan fingerprint density at radius 2 is 0.660 bits per heavy atom. The fraction of sp³-hybridized carbons (Fsp3) is 0.900. The van der Waals surface area contributed by atoms with E-state index >= 15 is 0 Å². The molecule has 0 aromatic carbocycles. The second-order valence-corrected chi connectivity index (χ2v) is 9.52. The van der Waals surface area contributed by atoms with Gasteiger partial charge in [0.05, 0.1) is 158 Å². The van der Waals surface area contributed by atoms with E-state index < -0.39 is 17.8 Å². The van der Waals surface area contributed by atoms with Crippen LogP contribution in [0.4, 0.5) is 0 Å². The van der Waals surface area contributed by atoms with Crippen LogP contribution >= 0.6 is 0 Å². The Morgan fingerprint density at radius 3 is 0.915 bits per heavy atom. The molecule has 0 aromatic rings. The normalized spacial score (nSPS) is 13.3. The lowest BCUT2D eigenvalue weighted by Gasteiger charge is -2.12. The third-order valence-corrected chi connectivity index (χ3v) is 5.80. The number of carbonyl (C=O) groups excluding carboxylic acids is 3. The minimum atomic E-state index is -0.699. The van der Waals surface area contributed by atoms with Crippen molar-refractivity contribution in [3.8, 4) is 0 Å². The molecule has 0 unspecified atom stereocenters. The van der Waals surface area contributed by atoms with Gasteiger partial charge in [-0.1, -0.05) is 0 Å². The zero-order chi connectivity index (χ0) is 33.9. The van der Waals surface area contributed by atoms with E-state index in [2.05, 4.69) is 0 Å². The number of hydroxylamine groups is 2. The van der Waals surface area contributed by atoms with Gasteiger partial charge in [0, 0.05) is 20.0 Å². The molecule has 1 aliphatic rings. The average molecular weight is 686 g/mol. The van der Waals surface area contributed by atoms with Crippen molar-refractivity contribution in [3.63, 3.8) is 0 Å². The Kier molecular flexibility index (Phi) is 31.2. The summed E-state index contributed by atoms with van der Waals surface area (Å²) in [5.41, 5.74) is 0. The van der Waals surface area contributed by atoms with Crippen molar-refractivity contribution >= 4 is 17.8 Å². The number of hydrogen-bond donors (Lipinski definition) is 0. The number of amides is 2. The Bertz CT molecular complexity index is 731. The second-order valence-electron chi connectivity index (χ2n) is 9.52. The van der Waals surface area contributed by atoms with Crippen LogP contribution in [0, 0.1) is 0 Å². The quantitative estimate of drug-likeness (QED) is 0.0621. The molecule has 276 valence electrons. The van der Waals surface area contributed by atoms with Gasteiger partial charge in [-0.2, -0.15) is 0 Å². The van der Waals surface area contributed by atoms with Crippen LogP contribution in [0.5, 0.6) is 0 Å². The molecule has 0 saturated carbocycles. The summed E-state index contributed by atoms with van der Waals surface area (Å²) in [4.78, 5) is 39.2. The molecule has 1 fully saturated rings. The van der Waals surface area contributed by atoms with E-state index in [1.54, 1.807) is 7.11 Å². The van der Waals surface area contributed by atoms with Crippen molar-refractivity contribution in [2.24, 2.45) is 0 Å². The molecule has 1 saturated heterocycles. The lowest BCUT2D eigenvalue weighted by molar-refractivity contribution is -0.198. The Hall–Kier alpha value is -1.87. The molecule has 17 heteroatoms. The maximum atomic E-state index is 11.6. The van der Waals surface area contributed by atoms with Crippen molar-refractivity contribution < 1.29 is 76.1 Å². The van der Waals surface area contributed by atoms with Gasteiger partial charge >= 0.3 is 5.97 Å². The first kappa shape index (κ1) is 43.2. The first-order chi connectivity index (χ1) is 23.1. The lowest BCUT2D eigenvalue weighted by Crippen LogP contribution is -2.32. The van der Waals surface area contributed by atoms with Gasteiger partial charge in [0.2, 0.25) is 0 Å². The summed E-state index contributed by atoms with van der Waals surface area (Å²) < 4.78 is 64.3. The maximum absolute atomic E-state index is 11.6. The highest BCUT2D eigenvalue weighted by atomic mass is 16.7. The maximum Gasteiger partial charge on any atom is 0.335 e. The number of nitrogens with zero attached hydrogens (tertiary/aromatic N) is 1. The molecule has 0 aliphatic carbocycles. The summed E-state index contributed by atoms with van der Waals surface area (Å²) in [6.07, 6.45) is 0.0457. The number of ether oxygens (including phenoxy) is 12. The minimum Gasteiger partial charge on any atom is -0.382 e. The van der Waals surface area contributed by atoms with E-state index in [1.165, 1.54) is 0 Å². The van der Waals surface area contributed by atoms with E-state index in [0.717, 1.165) is 0 Å². The average Bonchev–Trinajstić information content (AvgIpc) is 3.38. The topological polar surface area (TPSA) is 174 Å². The Labute approximate surface area is 277 Å². The molecule has 0 spiro atoms. The molecular weight excluding hydrogens is 630 g/mol. The van der Waals surface area contributed by atoms with Crippen LogP contribution in [0.2, 0.25) is 0 Å². The van der Waals surface area contributed by atoms with Crippen LogP contribution < -0.4 is 0 Å². The predicted octanol–water partition coefficient (Wildman–Crippen LogP) is -0.187. The zero-order valence-corrected chi connectivity index (χ0v) is 27.9. The van der Waals surface area contributed by atoms with Crippen LogP contribution in [0.25, 0.3) is 0 Å². The number of rotatable bonds is 37. The van der Waals surface area contributed by atoms with Gasteiger partial charge in [-0.3, -0.25) is 9.59 Å². The van der Waals surface area contributed by atoms with Crippen LogP contribution in [0.3, 0.4) is 0 Å². The third kappa shape index (κ3) is 28.8. The fourth-order valence-corrected chi connectivity index (χ4v) is 3.40. The van der Waals surface area contributed by atoms with E-state index in [1.807, 2.05) is 0 Å². The summed E-state index contributed by atoms with van der Waals surface area (Å²) >= 11 is 0. The SMILES string of the molecule is COCCOCCOCCOCCOCCOCCOCCOCCOCCOCCOCCOCCC(=O)ON1C(=O)CCC1=O. The van der Waals surface area contributed by atoms with Crippen molar-refractivity contribution in [3.05, 3.63) is 0 Å². The highest BCUT2D eigenvalue weighted by molar-refractivity contribution is 6.01. The largest absolute Gasteiger partial charge is 0.382 e. The van der Waals surface area contributed by atoms with Gasteiger partial charge in [-0.25, -0.2) is 4.79 Å². The molecule has 17 nitrogen and oxygen atoms in total. The summed E-state index contributed by atoms with van der Waals surface area (Å²) in [6, 6.07) is 0. The van der Waals surface area contributed by atoms with E-state index in [4.69, 9.17) is 61.7 Å². The van der Waals surface area contributed by atoms with E-state index in [-0.39, 0.29) is 32.5 Å². The molecule has 1 rings (SSSR count). The molecule has 0 N–H and O–H groups in total. The van der Waals surface area contributed by atoms with Crippen LogP contribution in [0.15, 0.2) is 0 Å². The van der Waals surface area contributed by atoms with Gasteiger partial charge in [0.15, 0.2) is 0 Å². The van der Waals surface area contributed by atoms with Gasteiger partial charge in [0.25, 0.3) is 11.8 Å². The summed E-state index contributed by atoms with van der Waals surface area (Å²) in [5, 5.41) is 0.519. The van der Waals surface area contributed by atoms with Crippen molar-refractivity contribution in [2.45, 2.75) is 19.3 Å². The second kappa shape index (κ2) is 34.0. The predicted molar refractivity (Wildman–Crippen MR) is 163 cm³/mol. The molecule has 1 aliphatic heterocycles. The molecule has 47 heavy (non-hydrogen) atoms. The monoisotopic (exact) mass is 685 g/mol. The summed E-state index contributed by atoms with van der Waals surface area (Å²) in [6.45, 7) is 10.5. The van der Waals surface area contributed by atoms with Gasteiger partial charge in [0.1, 0.15) is 0 Å². The standard InChI is InChI=1S/C30H55NO16/c1-35-6-7-37-10-11-39-14-15-41-18-19-43-22-23-45-26-27-46-25-24-44-21-20-42-17-16-40-13-12-38-9-8-36-5-4-30(34)47-31-28(32)2-3-29(31)33/h2-27H2,1H3. The highest BCUT2D eigenvalue weighted by Gasteiger charge is 2.32. The Balaban J connectivity index is 1.64. The van der Waals surface area contributed by atoms with E-state index in [9.17, 15) is 14.4 Å². The number of methoxy groups -OCH3 is 1. The van der Waals surface area contributed by atoms with Crippen molar-refractivity contribution in [1.82, 2.24) is 5.06 Å². The van der Waals surface area contributed by atoms with Crippen molar-refractivity contribution in [2.75, 3.05) is 159 Å². The van der Waals surface area contributed by atoms with Crippen LogP contribution in [-0.2, 0) is 76.1 Å². The van der Waals surface area contributed by atoms with E-state index in [0.29, 0.717) is 144 Å². The van der Waals surface area contributed by atoms with Crippen LogP contribution in [-0.4, -0.2) is 182 Å². The first-order valence-corrected chi connectivity index (χ1v) is 16.1. The molecular formula is C30H55NO16. The van der Waals surface area contributed by atoms with Crippen molar-refractivity contribution in [1.29, 1.82) is 0 Å². The van der Waals surface area contributed by atoms with Crippen LogP contribution in [0.1, 0.15) is 19.3 Å². The number of imide groups is 1. The molecule has 0 atom stereocenters. The Morgan fingerprint density at radius 1 is 0.426 bits per heavy atom. The van der Waals surface area contributed by atoms with Gasteiger partial charge < -0.3 is 61.7 Å².